The molecule has 5 heteroatoms. The molecule has 1 atom stereocenters. The Morgan fingerprint density at radius 3 is 3.06 bits per heavy atom. The number of anilines is 2. The Morgan fingerprint density at radius 1 is 1.53 bits per heavy atom. The summed E-state index contributed by atoms with van der Waals surface area (Å²) in [6.45, 7) is 3.99. The third kappa shape index (κ3) is 2.49. The van der Waals surface area contributed by atoms with Crippen LogP contribution in [0, 0.1) is 0 Å². The van der Waals surface area contributed by atoms with Crippen molar-refractivity contribution in [2.45, 2.75) is 32.3 Å². The van der Waals surface area contributed by atoms with Crippen LogP contribution in [0.2, 0.25) is 0 Å². The third-order valence-electron chi connectivity index (χ3n) is 3.32. The van der Waals surface area contributed by atoms with E-state index in [-0.39, 0.29) is 0 Å². The van der Waals surface area contributed by atoms with Crippen LogP contribution in [-0.4, -0.2) is 36.3 Å². The smallest absolute Gasteiger partial charge is 0.137 e. The van der Waals surface area contributed by atoms with Gasteiger partial charge in [-0.3, -0.25) is 0 Å². The highest BCUT2D eigenvalue weighted by Gasteiger charge is 2.22. The van der Waals surface area contributed by atoms with E-state index < -0.39 is 0 Å². The largest absolute Gasteiger partial charge is 0.383 e. The topological polar surface area (TPSA) is 64.3 Å². The molecule has 0 aromatic carbocycles. The van der Waals surface area contributed by atoms with Gasteiger partial charge in [-0.25, -0.2) is 9.97 Å². The number of nitrogens with zero attached hydrogens (tertiary/aromatic N) is 3. The summed E-state index contributed by atoms with van der Waals surface area (Å²) in [5.41, 5.74) is 6.94. The van der Waals surface area contributed by atoms with Crippen LogP contribution in [0.3, 0.4) is 0 Å². The second-order valence-corrected chi connectivity index (χ2v) is 4.36. The summed E-state index contributed by atoms with van der Waals surface area (Å²) in [6.07, 6.45) is 4.95. The summed E-state index contributed by atoms with van der Waals surface area (Å²) < 4.78 is 5.43. The monoisotopic (exact) mass is 236 g/mol. The average Bonchev–Trinajstić information content (AvgIpc) is 2.38. The molecule has 1 fully saturated rings. The standard InChI is InChI=1S/C12H20N4O/c1-3-10-11(13)14-8-15-12(10)16-6-4-5-9(7-16)17-2/h8-9H,3-7H2,1-2H3,(H2,13,14,15). The maximum absolute atomic E-state index is 5.90. The number of ether oxygens (including phenoxy) is 1. The fourth-order valence-corrected chi connectivity index (χ4v) is 2.35. The Morgan fingerprint density at radius 2 is 2.35 bits per heavy atom. The molecule has 5 nitrogen and oxygen atoms in total. The summed E-state index contributed by atoms with van der Waals surface area (Å²) in [6, 6.07) is 0. The lowest BCUT2D eigenvalue weighted by Crippen LogP contribution is -2.40. The summed E-state index contributed by atoms with van der Waals surface area (Å²) in [5.74, 6) is 1.57. The minimum atomic E-state index is 0.296. The highest BCUT2D eigenvalue weighted by Crippen LogP contribution is 2.25. The molecule has 0 amide bonds. The maximum Gasteiger partial charge on any atom is 0.137 e. The van der Waals surface area contributed by atoms with Crippen molar-refractivity contribution in [3.63, 3.8) is 0 Å². The van der Waals surface area contributed by atoms with Crippen molar-refractivity contribution in [1.29, 1.82) is 0 Å². The average molecular weight is 236 g/mol. The molecular formula is C12H20N4O. The predicted molar refractivity (Wildman–Crippen MR) is 68.1 cm³/mol. The summed E-state index contributed by atoms with van der Waals surface area (Å²) >= 11 is 0. The van der Waals surface area contributed by atoms with Crippen LogP contribution < -0.4 is 10.6 Å². The van der Waals surface area contributed by atoms with Gasteiger partial charge in [-0.1, -0.05) is 6.92 Å². The van der Waals surface area contributed by atoms with Gasteiger partial charge >= 0.3 is 0 Å². The van der Waals surface area contributed by atoms with E-state index in [4.69, 9.17) is 10.5 Å². The molecule has 0 spiro atoms. The van der Waals surface area contributed by atoms with E-state index in [1.807, 2.05) is 0 Å². The number of piperidine rings is 1. The van der Waals surface area contributed by atoms with Crippen LogP contribution in [0.5, 0.6) is 0 Å². The number of nitrogen functional groups attached to an aromatic ring is 1. The molecule has 1 unspecified atom stereocenters. The fraction of sp³-hybridized carbons (Fsp3) is 0.667. The summed E-state index contributed by atoms with van der Waals surface area (Å²) in [5, 5.41) is 0. The van der Waals surface area contributed by atoms with Gasteiger partial charge in [0.2, 0.25) is 0 Å². The van der Waals surface area contributed by atoms with Crippen LogP contribution in [0.25, 0.3) is 0 Å². The Labute approximate surface area is 102 Å². The SMILES string of the molecule is CCc1c(N)ncnc1N1CCCC(OC)C1. The minimum Gasteiger partial charge on any atom is -0.383 e. The van der Waals surface area contributed by atoms with E-state index in [0.717, 1.165) is 43.7 Å². The minimum absolute atomic E-state index is 0.296. The van der Waals surface area contributed by atoms with Gasteiger partial charge in [0.15, 0.2) is 0 Å². The number of hydrogen-bond donors (Lipinski definition) is 1. The predicted octanol–water partition coefficient (Wildman–Crippen LogP) is 1.24. The van der Waals surface area contributed by atoms with Crippen molar-refractivity contribution in [2.75, 3.05) is 30.8 Å². The van der Waals surface area contributed by atoms with E-state index in [2.05, 4.69) is 21.8 Å². The lowest BCUT2D eigenvalue weighted by Gasteiger charge is -2.33. The van der Waals surface area contributed by atoms with Crippen molar-refractivity contribution in [3.05, 3.63) is 11.9 Å². The zero-order valence-corrected chi connectivity index (χ0v) is 10.5. The lowest BCUT2D eigenvalue weighted by molar-refractivity contribution is 0.0891. The van der Waals surface area contributed by atoms with Gasteiger partial charge in [-0.15, -0.1) is 0 Å². The molecule has 0 bridgehead atoms. The second kappa shape index (κ2) is 5.31. The molecule has 1 aliphatic rings. The molecule has 1 saturated heterocycles. The summed E-state index contributed by atoms with van der Waals surface area (Å²) in [7, 11) is 1.77. The Kier molecular flexibility index (Phi) is 3.78. The van der Waals surface area contributed by atoms with E-state index in [1.165, 1.54) is 0 Å². The Bertz CT molecular complexity index is 383. The molecule has 2 N–H and O–H groups in total. The van der Waals surface area contributed by atoms with E-state index in [0.29, 0.717) is 11.9 Å². The molecule has 1 aliphatic heterocycles. The molecule has 2 rings (SSSR count). The number of rotatable bonds is 3. The van der Waals surface area contributed by atoms with Gasteiger partial charge in [0.05, 0.1) is 6.10 Å². The summed E-state index contributed by atoms with van der Waals surface area (Å²) in [4.78, 5) is 10.7. The Hall–Kier alpha value is -1.36. The van der Waals surface area contributed by atoms with Gasteiger partial charge in [-0.2, -0.15) is 0 Å². The van der Waals surface area contributed by atoms with E-state index in [1.54, 1.807) is 13.4 Å². The molecule has 0 saturated carbocycles. The second-order valence-electron chi connectivity index (χ2n) is 4.36. The normalized spacial score (nSPS) is 20.6. The van der Waals surface area contributed by atoms with Gasteiger partial charge in [0, 0.05) is 25.8 Å². The number of methoxy groups -OCH3 is 1. The number of nitrogens with two attached hydrogens (primary N) is 1. The van der Waals surface area contributed by atoms with Gasteiger partial charge in [0.25, 0.3) is 0 Å². The first kappa shape index (κ1) is 12.1. The maximum atomic E-state index is 5.90. The highest BCUT2D eigenvalue weighted by atomic mass is 16.5. The third-order valence-corrected chi connectivity index (χ3v) is 3.32. The zero-order valence-electron chi connectivity index (χ0n) is 10.5. The molecule has 0 radical (unpaired) electrons. The quantitative estimate of drug-likeness (QED) is 0.855. The van der Waals surface area contributed by atoms with Crippen molar-refractivity contribution >= 4 is 11.6 Å². The van der Waals surface area contributed by atoms with E-state index in [9.17, 15) is 0 Å². The molecular weight excluding hydrogens is 216 g/mol. The molecule has 2 heterocycles. The van der Waals surface area contributed by atoms with Gasteiger partial charge < -0.3 is 15.4 Å². The molecule has 1 aromatic heterocycles. The van der Waals surface area contributed by atoms with Crippen LogP contribution in [0.1, 0.15) is 25.3 Å². The number of hydrogen-bond acceptors (Lipinski definition) is 5. The first-order valence-corrected chi connectivity index (χ1v) is 6.13. The molecule has 17 heavy (non-hydrogen) atoms. The van der Waals surface area contributed by atoms with Crippen LogP contribution >= 0.6 is 0 Å². The van der Waals surface area contributed by atoms with E-state index >= 15 is 0 Å². The highest BCUT2D eigenvalue weighted by molar-refractivity contribution is 5.56. The van der Waals surface area contributed by atoms with Crippen LogP contribution in [0.4, 0.5) is 11.6 Å². The molecule has 1 aromatic rings. The van der Waals surface area contributed by atoms with Gasteiger partial charge in [0.1, 0.15) is 18.0 Å². The van der Waals surface area contributed by atoms with Crippen LogP contribution in [0.15, 0.2) is 6.33 Å². The molecule has 0 aliphatic carbocycles. The molecule has 94 valence electrons. The van der Waals surface area contributed by atoms with Crippen molar-refractivity contribution in [2.24, 2.45) is 0 Å². The lowest BCUT2D eigenvalue weighted by atomic mass is 10.1. The van der Waals surface area contributed by atoms with Crippen LogP contribution in [-0.2, 0) is 11.2 Å². The fourth-order valence-electron chi connectivity index (χ4n) is 2.35. The first-order chi connectivity index (χ1) is 8.26. The zero-order chi connectivity index (χ0) is 12.3. The first-order valence-electron chi connectivity index (χ1n) is 6.13. The van der Waals surface area contributed by atoms with Gasteiger partial charge in [-0.05, 0) is 19.3 Å². The van der Waals surface area contributed by atoms with Crippen molar-refractivity contribution in [1.82, 2.24) is 9.97 Å². The number of aromatic nitrogens is 2. The van der Waals surface area contributed by atoms with Crippen molar-refractivity contribution < 1.29 is 4.74 Å². The Balaban J connectivity index is 2.24. The van der Waals surface area contributed by atoms with Crippen molar-refractivity contribution in [3.8, 4) is 0 Å².